The summed E-state index contributed by atoms with van der Waals surface area (Å²) in [6, 6.07) is 8.26. The number of benzene rings is 1. The van der Waals surface area contributed by atoms with Crippen LogP contribution in [-0.4, -0.2) is 39.4 Å². The third kappa shape index (κ3) is 4.37. The molecule has 3 aromatic rings. The van der Waals surface area contributed by atoms with Crippen LogP contribution >= 0.6 is 23.1 Å². The maximum atomic E-state index is 13.2. The van der Waals surface area contributed by atoms with Crippen molar-refractivity contribution in [3.05, 3.63) is 68.7 Å². The lowest BCUT2D eigenvalue weighted by Crippen LogP contribution is -2.46. The van der Waals surface area contributed by atoms with E-state index in [1.807, 2.05) is 13.0 Å². The zero-order valence-electron chi connectivity index (χ0n) is 16.8. The molecule has 0 saturated heterocycles. The summed E-state index contributed by atoms with van der Waals surface area (Å²) < 4.78 is 50.5. The quantitative estimate of drug-likeness (QED) is 0.536. The first-order chi connectivity index (χ1) is 15.1. The van der Waals surface area contributed by atoms with Gasteiger partial charge in [0.05, 0.1) is 28.2 Å². The van der Waals surface area contributed by atoms with E-state index in [1.165, 1.54) is 27.1 Å². The fourth-order valence-electron chi connectivity index (χ4n) is 3.48. The van der Waals surface area contributed by atoms with E-state index >= 15 is 0 Å². The molecule has 168 valence electrons. The monoisotopic (exact) mass is 483 g/mol. The minimum absolute atomic E-state index is 0.0502. The minimum atomic E-state index is -4.62. The third-order valence-electron chi connectivity index (χ3n) is 5.03. The van der Waals surface area contributed by atoms with E-state index in [1.54, 1.807) is 12.1 Å². The van der Waals surface area contributed by atoms with Gasteiger partial charge in [-0.1, -0.05) is 11.6 Å². The maximum absolute atomic E-state index is 13.2. The molecule has 0 radical (unpaired) electrons. The summed E-state index contributed by atoms with van der Waals surface area (Å²) in [4.78, 5) is 27.9. The molecule has 1 aliphatic rings. The van der Waals surface area contributed by atoms with Crippen LogP contribution in [0.5, 0.6) is 5.75 Å². The summed E-state index contributed by atoms with van der Waals surface area (Å²) in [6.07, 6.45) is -4.62. The number of fused-ring (bicyclic) bond motifs is 1. The van der Waals surface area contributed by atoms with E-state index in [9.17, 15) is 22.8 Å². The number of halogens is 4. The Morgan fingerprint density at radius 2 is 1.94 bits per heavy atom. The molecule has 1 aromatic carbocycles. The molecule has 6 nitrogen and oxygen atoms in total. The van der Waals surface area contributed by atoms with Crippen molar-refractivity contribution in [2.45, 2.75) is 19.6 Å². The summed E-state index contributed by atoms with van der Waals surface area (Å²) in [5, 5.41) is -0.0502. The number of hydrogen-bond donors (Lipinski definition) is 0. The molecule has 32 heavy (non-hydrogen) atoms. The Morgan fingerprint density at radius 3 is 2.62 bits per heavy atom. The molecule has 0 spiro atoms. The highest BCUT2D eigenvalue weighted by molar-refractivity contribution is 7.09. The number of aryl methyl sites for hydroxylation is 1. The van der Waals surface area contributed by atoms with Crippen molar-refractivity contribution >= 4 is 29.0 Å². The van der Waals surface area contributed by atoms with Gasteiger partial charge in [0.1, 0.15) is 18.1 Å². The van der Waals surface area contributed by atoms with Crippen LogP contribution in [0.25, 0.3) is 10.4 Å². The molecular weight excluding hydrogens is 467 g/mol. The standard InChI is InChI=1S/C21H17ClF3N3O3S/c1-12-10-18(32-26-12)14-3-4-16-20(30)27(6-7-28(16)19(14)29)8-9-31-17-5-2-13(22)11-15(17)21(23,24)25/h2-5,10-11H,6-9H2,1H3. The molecule has 0 bridgehead atoms. The molecule has 1 amide bonds. The largest absolute Gasteiger partial charge is 0.491 e. The van der Waals surface area contributed by atoms with E-state index in [-0.39, 0.29) is 54.2 Å². The third-order valence-corrected chi connectivity index (χ3v) is 6.18. The number of ether oxygens (including phenoxy) is 1. The van der Waals surface area contributed by atoms with Crippen molar-refractivity contribution in [3.8, 4) is 16.2 Å². The summed E-state index contributed by atoms with van der Waals surface area (Å²) >= 11 is 6.89. The van der Waals surface area contributed by atoms with Crippen molar-refractivity contribution in [3.63, 3.8) is 0 Å². The smallest absolute Gasteiger partial charge is 0.420 e. The van der Waals surface area contributed by atoms with Crippen molar-refractivity contribution in [2.75, 3.05) is 19.7 Å². The average Bonchev–Trinajstić information content (AvgIpc) is 3.16. The molecule has 0 fully saturated rings. The Balaban J connectivity index is 1.47. The van der Waals surface area contributed by atoms with E-state index in [2.05, 4.69) is 4.37 Å². The van der Waals surface area contributed by atoms with Crippen molar-refractivity contribution in [1.82, 2.24) is 13.8 Å². The second-order valence-electron chi connectivity index (χ2n) is 7.20. The highest BCUT2D eigenvalue weighted by atomic mass is 35.5. The second kappa shape index (κ2) is 8.59. The van der Waals surface area contributed by atoms with Gasteiger partial charge < -0.3 is 14.2 Å². The number of nitrogens with zero attached hydrogens (tertiary/aromatic N) is 3. The maximum Gasteiger partial charge on any atom is 0.420 e. The minimum Gasteiger partial charge on any atom is -0.491 e. The SMILES string of the molecule is Cc1cc(-c2ccc3n(c2=O)CCN(CCOc2ccc(Cl)cc2C(F)(F)F)C3=O)sn1. The highest BCUT2D eigenvalue weighted by Gasteiger charge is 2.35. The molecular formula is C21H17ClF3N3O3S. The number of alkyl halides is 3. The van der Waals surface area contributed by atoms with Gasteiger partial charge in [-0.25, -0.2) is 0 Å². The van der Waals surface area contributed by atoms with Gasteiger partial charge in [0.2, 0.25) is 0 Å². The number of pyridine rings is 1. The first kappa shape index (κ1) is 22.3. The van der Waals surface area contributed by atoms with E-state index in [4.69, 9.17) is 16.3 Å². The summed E-state index contributed by atoms with van der Waals surface area (Å²) in [5.41, 5.74) is 0.271. The van der Waals surface area contributed by atoms with Crippen molar-refractivity contribution in [1.29, 1.82) is 0 Å². The van der Waals surface area contributed by atoms with Crippen LogP contribution in [0.4, 0.5) is 13.2 Å². The van der Waals surface area contributed by atoms with Crippen LogP contribution in [0.15, 0.2) is 41.2 Å². The molecule has 3 heterocycles. The molecule has 2 aromatic heterocycles. The molecule has 0 aliphatic carbocycles. The number of amides is 1. The Bertz CT molecular complexity index is 1240. The van der Waals surface area contributed by atoms with E-state index < -0.39 is 11.7 Å². The molecule has 0 N–H and O–H groups in total. The van der Waals surface area contributed by atoms with Crippen LogP contribution in [0, 0.1) is 6.92 Å². The summed E-state index contributed by atoms with van der Waals surface area (Å²) in [6.45, 7) is 2.29. The average molecular weight is 484 g/mol. The zero-order chi connectivity index (χ0) is 23.0. The zero-order valence-corrected chi connectivity index (χ0v) is 18.4. The summed E-state index contributed by atoms with van der Waals surface area (Å²) in [5.74, 6) is -0.733. The van der Waals surface area contributed by atoms with Crippen molar-refractivity contribution in [2.24, 2.45) is 0 Å². The normalized spacial score (nSPS) is 13.9. The molecule has 4 rings (SSSR count). The predicted molar refractivity (Wildman–Crippen MR) is 114 cm³/mol. The number of hydrogen-bond acceptors (Lipinski definition) is 5. The number of rotatable bonds is 5. The predicted octanol–water partition coefficient (Wildman–Crippen LogP) is 4.49. The summed E-state index contributed by atoms with van der Waals surface area (Å²) in [7, 11) is 0. The van der Waals surface area contributed by atoms with Crippen LogP contribution in [0.3, 0.4) is 0 Å². The van der Waals surface area contributed by atoms with Crippen LogP contribution in [-0.2, 0) is 12.7 Å². The van der Waals surface area contributed by atoms with Gasteiger partial charge in [-0.05, 0) is 54.9 Å². The first-order valence-corrected chi connectivity index (χ1v) is 10.8. The fraction of sp³-hybridized carbons (Fsp3) is 0.286. The number of carbonyl (C=O) groups is 1. The Labute approximate surface area is 190 Å². The number of carbonyl (C=O) groups excluding carboxylic acids is 1. The van der Waals surface area contributed by atoms with Gasteiger partial charge in [0.25, 0.3) is 11.5 Å². The van der Waals surface area contributed by atoms with Gasteiger partial charge in [-0.15, -0.1) is 0 Å². The van der Waals surface area contributed by atoms with Gasteiger partial charge in [-0.2, -0.15) is 17.5 Å². The van der Waals surface area contributed by atoms with Gasteiger partial charge in [0.15, 0.2) is 0 Å². The lowest BCUT2D eigenvalue weighted by atomic mass is 10.1. The Hall–Kier alpha value is -2.85. The fourth-order valence-corrected chi connectivity index (χ4v) is 4.42. The lowest BCUT2D eigenvalue weighted by molar-refractivity contribution is -0.139. The highest BCUT2D eigenvalue weighted by Crippen LogP contribution is 2.37. The Kier molecular flexibility index (Phi) is 6.00. The van der Waals surface area contributed by atoms with E-state index in [0.717, 1.165) is 22.7 Å². The Morgan fingerprint density at radius 1 is 1.16 bits per heavy atom. The van der Waals surface area contributed by atoms with Gasteiger partial charge >= 0.3 is 6.18 Å². The van der Waals surface area contributed by atoms with Crippen molar-refractivity contribution < 1.29 is 22.7 Å². The second-order valence-corrected chi connectivity index (χ2v) is 8.44. The van der Waals surface area contributed by atoms with E-state index in [0.29, 0.717) is 5.56 Å². The molecule has 0 unspecified atom stereocenters. The first-order valence-electron chi connectivity index (χ1n) is 9.61. The van der Waals surface area contributed by atoms with Crippen LogP contribution in [0.1, 0.15) is 21.7 Å². The number of aromatic nitrogens is 2. The van der Waals surface area contributed by atoms with Crippen LogP contribution in [0.2, 0.25) is 5.02 Å². The lowest BCUT2D eigenvalue weighted by Gasteiger charge is -2.29. The molecule has 1 aliphatic heterocycles. The molecule has 11 heteroatoms. The van der Waals surface area contributed by atoms with Gasteiger partial charge in [-0.3, -0.25) is 9.59 Å². The van der Waals surface area contributed by atoms with Gasteiger partial charge in [0, 0.05) is 18.1 Å². The molecule has 0 saturated carbocycles. The van der Waals surface area contributed by atoms with Crippen LogP contribution < -0.4 is 10.3 Å². The topological polar surface area (TPSA) is 64.4 Å². The molecule has 0 atom stereocenters.